The van der Waals surface area contributed by atoms with Gasteiger partial charge in [-0.15, -0.1) is 0 Å². The molecule has 5 atom stereocenters. The van der Waals surface area contributed by atoms with E-state index in [0.29, 0.717) is 23.1 Å². The van der Waals surface area contributed by atoms with Gasteiger partial charge in [-0.1, -0.05) is 25.1 Å². The van der Waals surface area contributed by atoms with Gasteiger partial charge < -0.3 is 23.9 Å². The van der Waals surface area contributed by atoms with Gasteiger partial charge in [0.25, 0.3) is 14.4 Å². The van der Waals surface area contributed by atoms with Crippen molar-refractivity contribution in [3.05, 3.63) is 60.0 Å². The number of morpholine rings is 1. The van der Waals surface area contributed by atoms with E-state index in [2.05, 4.69) is 29.8 Å². The quantitative estimate of drug-likeness (QED) is 0.162. The molecule has 0 spiro atoms. The largest absolute Gasteiger partial charge is 0.345 e. The van der Waals surface area contributed by atoms with Crippen LogP contribution in [0.3, 0.4) is 0 Å². The Hall–Kier alpha value is -3.09. The first-order valence-corrected chi connectivity index (χ1v) is 17.8. The summed E-state index contributed by atoms with van der Waals surface area (Å²) in [6.45, 7) is 17.8. The average molecular weight is 659 g/mol. The number of nitrogens with zero attached hydrogens (tertiary/aromatic N) is 7. The van der Waals surface area contributed by atoms with Crippen molar-refractivity contribution in [1.82, 2.24) is 28.5 Å². The third kappa shape index (κ3) is 6.46. The Balaban J connectivity index is 1.53. The molecule has 1 aromatic carbocycles. The van der Waals surface area contributed by atoms with Crippen LogP contribution in [0.2, 0.25) is 0 Å². The number of hydrogen-bond donors (Lipinski definition) is 1. The summed E-state index contributed by atoms with van der Waals surface area (Å²) in [6, 6.07) is 8.09. The van der Waals surface area contributed by atoms with Crippen LogP contribution in [0.4, 0.5) is 5.82 Å². The van der Waals surface area contributed by atoms with E-state index in [0.717, 1.165) is 0 Å². The number of amides is 1. The topological polar surface area (TPSA) is 145 Å². The SMILES string of the molecule is [C-]#[N+]CCOP(O[C@H]1[C@@H]2[C@H](n3cnc4c(NC(=O)c5ccccc5)ncnc43)O[C@@]1(CC)CN2S(C)(=O)=O)N(C(C)C)C(C)C. The molecule has 1 unspecified atom stereocenters. The van der Waals surface area contributed by atoms with Crippen LogP contribution in [-0.2, 0) is 23.8 Å². The van der Waals surface area contributed by atoms with Crippen molar-refractivity contribution in [3.8, 4) is 0 Å². The molecule has 2 saturated heterocycles. The molecule has 2 aromatic heterocycles. The highest BCUT2D eigenvalue weighted by atomic mass is 32.2. The number of rotatable bonds is 13. The minimum absolute atomic E-state index is 0.0576. The first-order chi connectivity index (χ1) is 21.4. The number of nitrogens with one attached hydrogen (secondary N) is 1. The minimum atomic E-state index is -3.69. The van der Waals surface area contributed by atoms with Gasteiger partial charge in [0.1, 0.15) is 24.6 Å². The molecule has 2 aliphatic rings. The summed E-state index contributed by atoms with van der Waals surface area (Å²) < 4.78 is 51.4. The summed E-state index contributed by atoms with van der Waals surface area (Å²) in [7, 11) is -5.38. The Morgan fingerprint density at radius 3 is 2.56 bits per heavy atom. The lowest BCUT2D eigenvalue weighted by Crippen LogP contribution is -2.47. The Labute approximate surface area is 264 Å². The summed E-state index contributed by atoms with van der Waals surface area (Å²) in [5.74, 6) is -0.135. The number of imidazole rings is 1. The van der Waals surface area contributed by atoms with Crippen LogP contribution in [-0.4, -0.2) is 98.6 Å². The second-order valence-corrected chi connectivity index (χ2v) is 15.0. The molecule has 16 heteroatoms. The molecule has 5 rings (SSSR count). The lowest BCUT2D eigenvalue weighted by molar-refractivity contribution is -0.121. The molecule has 2 aliphatic heterocycles. The fourth-order valence-electron chi connectivity index (χ4n) is 6.03. The number of benzene rings is 1. The number of fused-ring (bicyclic) bond motifs is 3. The fourth-order valence-corrected chi connectivity index (χ4v) is 8.94. The summed E-state index contributed by atoms with van der Waals surface area (Å²) in [4.78, 5) is 29.5. The van der Waals surface area contributed by atoms with Gasteiger partial charge in [-0.3, -0.25) is 9.36 Å². The normalized spacial score (nSPS) is 24.1. The number of hydrogen-bond acceptors (Lipinski definition) is 10. The Bertz CT molecular complexity index is 1660. The lowest BCUT2D eigenvalue weighted by atomic mass is 9.96. The molecule has 2 fully saturated rings. The smallest absolute Gasteiger partial charge is 0.259 e. The maximum atomic E-state index is 13.2. The molecule has 0 aliphatic carbocycles. The van der Waals surface area contributed by atoms with Crippen molar-refractivity contribution < 1.29 is 27.0 Å². The second-order valence-electron chi connectivity index (χ2n) is 11.6. The first kappa shape index (κ1) is 33.3. The van der Waals surface area contributed by atoms with E-state index >= 15 is 0 Å². The van der Waals surface area contributed by atoms with Crippen molar-refractivity contribution in [2.75, 3.05) is 31.3 Å². The summed E-state index contributed by atoms with van der Waals surface area (Å²) in [5, 5.41) is 2.81. The van der Waals surface area contributed by atoms with Crippen LogP contribution in [0.15, 0.2) is 43.0 Å². The van der Waals surface area contributed by atoms with Crippen LogP contribution in [0.1, 0.15) is 57.6 Å². The zero-order valence-electron chi connectivity index (χ0n) is 26.2. The predicted molar refractivity (Wildman–Crippen MR) is 170 cm³/mol. The zero-order chi connectivity index (χ0) is 32.5. The van der Waals surface area contributed by atoms with Crippen LogP contribution >= 0.6 is 8.53 Å². The summed E-state index contributed by atoms with van der Waals surface area (Å²) >= 11 is 0. The van der Waals surface area contributed by atoms with Crippen LogP contribution in [0.25, 0.3) is 16.0 Å². The minimum Gasteiger partial charge on any atom is -0.345 e. The number of anilines is 1. The van der Waals surface area contributed by atoms with Crippen LogP contribution < -0.4 is 5.32 Å². The third-order valence-electron chi connectivity index (χ3n) is 8.01. The van der Waals surface area contributed by atoms with Gasteiger partial charge in [-0.05, 0) is 46.2 Å². The molecule has 1 N–H and O–H groups in total. The number of aromatic nitrogens is 4. The number of carbonyl (C=O) groups excluding carboxylic acids is 1. The van der Waals surface area contributed by atoms with Gasteiger partial charge in [-0.25, -0.2) is 34.6 Å². The van der Waals surface area contributed by atoms with Crippen LogP contribution in [0, 0.1) is 6.57 Å². The second kappa shape index (κ2) is 13.3. The molecule has 242 valence electrons. The van der Waals surface area contributed by atoms with Crippen molar-refractivity contribution in [2.24, 2.45) is 0 Å². The zero-order valence-corrected chi connectivity index (χ0v) is 27.9. The van der Waals surface area contributed by atoms with Crippen LogP contribution in [0.5, 0.6) is 0 Å². The molecule has 1 amide bonds. The highest BCUT2D eigenvalue weighted by Gasteiger charge is 2.67. The van der Waals surface area contributed by atoms with Gasteiger partial charge in [0.2, 0.25) is 16.6 Å². The van der Waals surface area contributed by atoms with Crippen molar-refractivity contribution in [1.29, 1.82) is 0 Å². The summed E-state index contributed by atoms with van der Waals surface area (Å²) in [6.07, 6.45) is 2.94. The average Bonchev–Trinajstić information content (AvgIpc) is 3.66. The van der Waals surface area contributed by atoms with Gasteiger partial charge in [0.15, 0.2) is 23.2 Å². The highest BCUT2D eigenvalue weighted by Crippen LogP contribution is 2.57. The molecule has 14 nitrogen and oxygen atoms in total. The standard InChI is InChI=1S/C29H39N8O6PS/c1-8-29-16-36(45(7,39)40)23(24(29)43-44(41-15-14-30-6)37(19(2)3)20(4)5)28(42-29)35-18-33-22-25(31-17-32-26(22)35)34-27(38)21-12-10-9-11-13-21/h9-13,17-20,23-24,28H,8,14-16H2,1-5,7H3,(H,31,32,34,38)/t23-,24+,28-,29+,44?/m1/s1. The number of sulfonamides is 1. The van der Waals surface area contributed by atoms with Gasteiger partial charge in [-0.2, -0.15) is 4.31 Å². The molecule has 3 aromatic rings. The van der Waals surface area contributed by atoms with Gasteiger partial charge in [0, 0.05) is 24.2 Å². The van der Waals surface area contributed by atoms with Gasteiger partial charge in [0.05, 0.1) is 18.6 Å². The summed E-state index contributed by atoms with van der Waals surface area (Å²) in [5.41, 5.74) is 0.166. The number of carbonyl (C=O) groups is 1. The number of ether oxygens (including phenoxy) is 1. The Kier molecular flexibility index (Phi) is 9.86. The highest BCUT2D eigenvalue weighted by molar-refractivity contribution is 7.88. The molecule has 0 radical (unpaired) electrons. The van der Waals surface area contributed by atoms with Crippen molar-refractivity contribution >= 4 is 41.4 Å². The Morgan fingerprint density at radius 2 is 1.93 bits per heavy atom. The van der Waals surface area contributed by atoms with E-state index in [1.54, 1.807) is 28.8 Å². The van der Waals surface area contributed by atoms with Gasteiger partial charge >= 0.3 is 0 Å². The molecular weight excluding hydrogens is 619 g/mol. The van der Waals surface area contributed by atoms with E-state index < -0.39 is 42.5 Å². The molecule has 0 saturated carbocycles. The predicted octanol–water partition coefficient (Wildman–Crippen LogP) is 4.07. The maximum absolute atomic E-state index is 13.2. The van der Waals surface area contributed by atoms with E-state index in [9.17, 15) is 13.2 Å². The third-order valence-corrected chi connectivity index (χ3v) is 11.3. The fraction of sp³-hybridized carbons (Fsp3) is 0.552. The molecular formula is C29H39N8O6PS. The first-order valence-electron chi connectivity index (χ1n) is 14.8. The monoisotopic (exact) mass is 658 g/mol. The van der Waals surface area contributed by atoms with Crippen molar-refractivity contribution in [3.63, 3.8) is 0 Å². The maximum Gasteiger partial charge on any atom is 0.259 e. The van der Waals surface area contributed by atoms with Crippen molar-refractivity contribution in [2.45, 2.75) is 77.1 Å². The molecule has 45 heavy (non-hydrogen) atoms. The van der Waals surface area contributed by atoms with E-state index in [1.165, 1.54) is 23.2 Å². The van der Waals surface area contributed by atoms with E-state index in [1.807, 2.05) is 40.7 Å². The molecule has 4 heterocycles. The van der Waals surface area contributed by atoms with E-state index in [-0.39, 0.29) is 43.5 Å². The Morgan fingerprint density at radius 1 is 1.22 bits per heavy atom. The lowest BCUT2D eigenvalue weighted by Gasteiger charge is -2.38. The molecule has 2 bridgehead atoms. The van der Waals surface area contributed by atoms with E-state index in [4.69, 9.17) is 20.4 Å².